The Morgan fingerprint density at radius 1 is 1.22 bits per heavy atom. The monoisotopic (exact) mass is 308 g/mol. The maximum Gasteiger partial charge on any atom is 0.137 e. The van der Waals surface area contributed by atoms with Gasteiger partial charge in [-0.15, -0.1) is 0 Å². The molecular formula is C15H14BrFO. The fourth-order valence-corrected chi connectivity index (χ4v) is 2.34. The zero-order valence-electron chi connectivity index (χ0n) is 10.0. The molecule has 0 aliphatic heterocycles. The van der Waals surface area contributed by atoms with Crippen molar-refractivity contribution in [1.82, 2.24) is 0 Å². The maximum atomic E-state index is 13.4. The Hall–Kier alpha value is -1.19. The Balaban J connectivity index is 2.21. The van der Waals surface area contributed by atoms with Crippen LogP contribution in [-0.4, -0.2) is 5.11 Å². The van der Waals surface area contributed by atoms with Crippen LogP contribution in [0.1, 0.15) is 22.8 Å². The molecule has 0 radical (unpaired) electrons. The third-order valence-electron chi connectivity index (χ3n) is 2.87. The van der Waals surface area contributed by atoms with E-state index < -0.39 is 6.10 Å². The highest BCUT2D eigenvalue weighted by molar-refractivity contribution is 9.10. The summed E-state index contributed by atoms with van der Waals surface area (Å²) in [5.74, 6) is -0.302. The Morgan fingerprint density at radius 3 is 2.67 bits per heavy atom. The van der Waals surface area contributed by atoms with E-state index in [4.69, 9.17) is 0 Å². The largest absolute Gasteiger partial charge is 0.388 e. The molecule has 2 aromatic rings. The minimum atomic E-state index is -0.622. The third-order valence-corrected chi connectivity index (χ3v) is 3.76. The highest BCUT2D eigenvalue weighted by Gasteiger charge is 2.12. The van der Waals surface area contributed by atoms with E-state index >= 15 is 0 Å². The smallest absolute Gasteiger partial charge is 0.137 e. The molecule has 0 spiro atoms. The topological polar surface area (TPSA) is 20.2 Å². The highest BCUT2D eigenvalue weighted by Crippen LogP contribution is 2.26. The number of hydrogen-bond acceptors (Lipinski definition) is 1. The number of aryl methyl sites for hydroxylation is 1. The van der Waals surface area contributed by atoms with Crippen LogP contribution in [0.15, 0.2) is 46.9 Å². The second kappa shape index (κ2) is 5.63. The number of hydrogen-bond donors (Lipinski definition) is 1. The molecule has 0 amide bonds. The molecule has 0 aliphatic rings. The lowest BCUT2D eigenvalue weighted by molar-refractivity contribution is 0.178. The fourth-order valence-electron chi connectivity index (χ4n) is 1.91. The molecule has 2 aromatic carbocycles. The van der Waals surface area contributed by atoms with Crippen molar-refractivity contribution in [2.45, 2.75) is 19.4 Å². The summed E-state index contributed by atoms with van der Waals surface area (Å²) >= 11 is 3.21. The Labute approximate surface area is 114 Å². The summed E-state index contributed by atoms with van der Waals surface area (Å²) in [7, 11) is 0. The van der Waals surface area contributed by atoms with Crippen molar-refractivity contribution in [3.8, 4) is 0 Å². The Morgan fingerprint density at radius 2 is 1.94 bits per heavy atom. The molecule has 94 valence electrons. The third kappa shape index (κ3) is 2.98. The van der Waals surface area contributed by atoms with Gasteiger partial charge in [-0.1, -0.05) is 42.0 Å². The average molecular weight is 309 g/mol. The van der Waals surface area contributed by atoms with Crippen LogP contribution in [0.5, 0.6) is 0 Å². The zero-order valence-corrected chi connectivity index (χ0v) is 11.6. The average Bonchev–Trinajstić information content (AvgIpc) is 2.35. The summed E-state index contributed by atoms with van der Waals surface area (Å²) in [6.07, 6.45) is -0.232. The summed E-state index contributed by atoms with van der Waals surface area (Å²) in [5, 5.41) is 10.2. The van der Waals surface area contributed by atoms with Gasteiger partial charge in [-0.2, -0.15) is 0 Å². The molecule has 1 unspecified atom stereocenters. The van der Waals surface area contributed by atoms with Crippen molar-refractivity contribution in [1.29, 1.82) is 0 Å². The molecule has 0 fully saturated rings. The van der Waals surface area contributed by atoms with Crippen LogP contribution < -0.4 is 0 Å². The lowest BCUT2D eigenvalue weighted by atomic mass is 10.00. The normalized spacial score (nSPS) is 12.4. The quantitative estimate of drug-likeness (QED) is 0.902. The van der Waals surface area contributed by atoms with Gasteiger partial charge in [-0.25, -0.2) is 4.39 Å². The number of rotatable bonds is 3. The first-order chi connectivity index (χ1) is 8.58. The predicted octanol–water partition coefficient (Wildman–Crippen LogP) is 4.17. The summed E-state index contributed by atoms with van der Waals surface area (Å²) in [6, 6.07) is 12.6. The molecule has 0 heterocycles. The van der Waals surface area contributed by atoms with Crippen LogP contribution in [0.3, 0.4) is 0 Å². The molecule has 0 aromatic heterocycles. The molecule has 0 bridgehead atoms. The van der Waals surface area contributed by atoms with E-state index in [-0.39, 0.29) is 5.82 Å². The van der Waals surface area contributed by atoms with Crippen LogP contribution in [-0.2, 0) is 6.42 Å². The van der Waals surface area contributed by atoms with Crippen LogP contribution in [0.2, 0.25) is 0 Å². The number of aliphatic hydroxyl groups is 1. The van der Waals surface area contributed by atoms with Crippen LogP contribution in [0, 0.1) is 12.7 Å². The van der Waals surface area contributed by atoms with Crippen LogP contribution in [0.25, 0.3) is 0 Å². The van der Waals surface area contributed by atoms with Crippen molar-refractivity contribution >= 4 is 15.9 Å². The van der Waals surface area contributed by atoms with Gasteiger partial charge in [0, 0.05) is 6.42 Å². The second-order valence-electron chi connectivity index (χ2n) is 4.35. The van der Waals surface area contributed by atoms with E-state index in [0.29, 0.717) is 10.9 Å². The van der Waals surface area contributed by atoms with E-state index in [9.17, 15) is 9.50 Å². The van der Waals surface area contributed by atoms with Crippen LogP contribution >= 0.6 is 15.9 Å². The minimum Gasteiger partial charge on any atom is -0.388 e. The lowest BCUT2D eigenvalue weighted by Crippen LogP contribution is -2.03. The Kier molecular flexibility index (Phi) is 4.15. The molecule has 0 saturated heterocycles. The molecule has 3 heteroatoms. The molecule has 1 N–H and O–H groups in total. The lowest BCUT2D eigenvalue weighted by Gasteiger charge is -2.13. The van der Waals surface area contributed by atoms with Gasteiger partial charge in [0.15, 0.2) is 0 Å². The zero-order chi connectivity index (χ0) is 13.1. The molecule has 18 heavy (non-hydrogen) atoms. The van der Waals surface area contributed by atoms with E-state index in [1.165, 1.54) is 6.07 Å². The highest BCUT2D eigenvalue weighted by atomic mass is 79.9. The van der Waals surface area contributed by atoms with Crippen molar-refractivity contribution in [3.05, 3.63) is 69.4 Å². The van der Waals surface area contributed by atoms with Gasteiger partial charge in [-0.3, -0.25) is 0 Å². The first-order valence-corrected chi connectivity index (χ1v) is 6.55. The minimum absolute atomic E-state index is 0.302. The van der Waals surface area contributed by atoms with Gasteiger partial charge >= 0.3 is 0 Å². The fraction of sp³-hybridized carbons (Fsp3) is 0.200. The molecule has 0 saturated carbocycles. The summed E-state index contributed by atoms with van der Waals surface area (Å²) in [5.41, 5.74) is 2.72. The first-order valence-electron chi connectivity index (χ1n) is 5.75. The number of benzene rings is 2. The molecule has 2 rings (SSSR count). The molecule has 1 atom stereocenters. The first kappa shape index (κ1) is 13.2. The SMILES string of the molecule is Cc1cccc(C(O)Cc2cccc(F)c2Br)c1. The van der Waals surface area contributed by atoms with Crippen LogP contribution in [0.4, 0.5) is 4.39 Å². The van der Waals surface area contributed by atoms with Crippen molar-refractivity contribution in [2.75, 3.05) is 0 Å². The van der Waals surface area contributed by atoms with Gasteiger partial charge in [0.05, 0.1) is 10.6 Å². The van der Waals surface area contributed by atoms with Gasteiger partial charge in [0.2, 0.25) is 0 Å². The standard InChI is InChI=1S/C15H14BrFO/c1-10-4-2-5-11(8-10)14(18)9-12-6-3-7-13(17)15(12)16/h2-8,14,18H,9H2,1H3. The maximum absolute atomic E-state index is 13.4. The Bertz CT molecular complexity index is 554. The van der Waals surface area contributed by atoms with Crippen molar-refractivity contribution in [3.63, 3.8) is 0 Å². The van der Waals surface area contributed by atoms with E-state index in [1.807, 2.05) is 37.3 Å². The summed E-state index contributed by atoms with van der Waals surface area (Å²) in [6.45, 7) is 1.98. The number of aliphatic hydroxyl groups excluding tert-OH is 1. The predicted molar refractivity (Wildman–Crippen MR) is 73.9 cm³/mol. The molecule has 1 nitrogen and oxygen atoms in total. The molecular weight excluding hydrogens is 295 g/mol. The van der Waals surface area contributed by atoms with Gasteiger partial charge in [-0.05, 0) is 40.0 Å². The summed E-state index contributed by atoms with van der Waals surface area (Å²) in [4.78, 5) is 0. The van der Waals surface area contributed by atoms with Crippen molar-refractivity contribution in [2.24, 2.45) is 0 Å². The van der Waals surface area contributed by atoms with E-state index in [1.54, 1.807) is 6.07 Å². The van der Waals surface area contributed by atoms with Gasteiger partial charge < -0.3 is 5.11 Å². The molecule has 0 aliphatic carbocycles. The van der Waals surface area contributed by atoms with E-state index in [2.05, 4.69) is 15.9 Å². The second-order valence-corrected chi connectivity index (χ2v) is 5.14. The van der Waals surface area contributed by atoms with Gasteiger partial charge in [0.25, 0.3) is 0 Å². The summed E-state index contributed by atoms with van der Waals surface area (Å²) < 4.78 is 13.8. The van der Waals surface area contributed by atoms with Gasteiger partial charge in [0.1, 0.15) is 5.82 Å². The van der Waals surface area contributed by atoms with Crippen molar-refractivity contribution < 1.29 is 9.50 Å². The number of halogens is 2. The van der Waals surface area contributed by atoms with E-state index in [0.717, 1.165) is 16.7 Å².